The average molecular weight is 248 g/mol. The van der Waals surface area contributed by atoms with Gasteiger partial charge in [-0.2, -0.15) is 0 Å². The van der Waals surface area contributed by atoms with Crippen molar-refractivity contribution in [1.82, 2.24) is 5.43 Å². The molecule has 3 nitrogen and oxygen atoms in total. The molecule has 1 N–H and O–H groups in total. The number of benzene rings is 1. The predicted molar refractivity (Wildman–Crippen MR) is 77.4 cm³/mol. The van der Waals surface area contributed by atoms with Crippen LogP contribution in [-0.4, -0.2) is 20.3 Å². The third kappa shape index (κ3) is 3.05. The van der Waals surface area contributed by atoms with Gasteiger partial charge in [0.15, 0.2) is 0 Å². The van der Waals surface area contributed by atoms with Gasteiger partial charge in [0.2, 0.25) is 0 Å². The number of anilines is 1. The first-order valence-electron chi connectivity index (χ1n) is 6.43. The van der Waals surface area contributed by atoms with Crippen molar-refractivity contribution in [2.45, 2.75) is 20.8 Å². The number of nitrogens with zero attached hydrogens (tertiary/aromatic N) is 1. The molecule has 3 heteroatoms. The summed E-state index contributed by atoms with van der Waals surface area (Å²) < 4.78 is 5.26. The zero-order chi connectivity index (χ0) is 13.6. The van der Waals surface area contributed by atoms with Crippen LogP contribution in [0.15, 0.2) is 42.6 Å². The zero-order valence-corrected chi connectivity index (χ0v) is 11.9. The fraction of sp³-hybridized carbons (Fsp3) is 0.467. The molecule has 1 heterocycles. The molecule has 2 rings (SSSR count). The normalized spacial score (nSPS) is 22.2. The van der Waals surface area contributed by atoms with Gasteiger partial charge in [0.05, 0.1) is 24.3 Å². The Morgan fingerprint density at radius 3 is 2.50 bits per heavy atom. The lowest BCUT2D eigenvalue weighted by Crippen LogP contribution is -2.31. The molecule has 1 saturated heterocycles. The number of nitrogens with one attached hydrogen (secondary N) is 1. The molecule has 0 aliphatic carbocycles. The lowest BCUT2D eigenvalue weighted by atomic mass is 9.90. The Hall–Kier alpha value is -1.48. The Kier molecular flexibility index (Phi) is 5.23. The SMILES string of the molecule is C=C1NN(c2ccccc2)CC1(C)COC.CC. The van der Waals surface area contributed by atoms with Crippen LogP contribution in [-0.2, 0) is 4.74 Å². The summed E-state index contributed by atoms with van der Waals surface area (Å²) in [6, 6.07) is 10.2. The van der Waals surface area contributed by atoms with E-state index >= 15 is 0 Å². The number of methoxy groups -OCH3 is 1. The molecule has 1 aromatic carbocycles. The summed E-state index contributed by atoms with van der Waals surface area (Å²) in [5, 5.41) is 2.11. The lowest BCUT2D eigenvalue weighted by molar-refractivity contribution is 0.127. The van der Waals surface area contributed by atoms with Crippen molar-refractivity contribution < 1.29 is 4.74 Å². The van der Waals surface area contributed by atoms with Gasteiger partial charge in [0.1, 0.15) is 0 Å². The average Bonchev–Trinajstić information content (AvgIpc) is 2.70. The van der Waals surface area contributed by atoms with Gasteiger partial charge in [-0.1, -0.05) is 45.5 Å². The van der Waals surface area contributed by atoms with E-state index in [0.717, 1.165) is 17.9 Å². The molecule has 0 aromatic heterocycles. The number of ether oxygens (including phenoxy) is 1. The van der Waals surface area contributed by atoms with Crippen LogP contribution in [0.5, 0.6) is 0 Å². The van der Waals surface area contributed by atoms with Crippen LogP contribution in [0.1, 0.15) is 20.8 Å². The molecule has 0 bridgehead atoms. The van der Waals surface area contributed by atoms with Crippen molar-refractivity contribution in [3.05, 3.63) is 42.6 Å². The first kappa shape index (κ1) is 14.6. The smallest absolute Gasteiger partial charge is 0.0589 e. The molecule has 18 heavy (non-hydrogen) atoms. The van der Waals surface area contributed by atoms with Crippen molar-refractivity contribution in [3.8, 4) is 0 Å². The van der Waals surface area contributed by atoms with Gasteiger partial charge in [-0.3, -0.25) is 5.01 Å². The molecule has 1 unspecified atom stereocenters. The van der Waals surface area contributed by atoms with Crippen LogP contribution >= 0.6 is 0 Å². The molecule has 1 atom stereocenters. The summed E-state index contributed by atoms with van der Waals surface area (Å²) in [6.45, 7) is 11.8. The first-order chi connectivity index (χ1) is 8.65. The monoisotopic (exact) mass is 248 g/mol. The fourth-order valence-electron chi connectivity index (χ4n) is 2.00. The van der Waals surface area contributed by atoms with Crippen molar-refractivity contribution >= 4 is 5.69 Å². The van der Waals surface area contributed by atoms with E-state index < -0.39 is 0 Å². The minimum absolute atomic E-state index is 0.0232. The number of rotatable bonds is 3. The van der Waals surface area contributed by atoms with E-state index in [1.807, 2.05) is 32.0 Å². The van der Waals surface area contributed by atoms with Crippen molar-refractivity contribution in [1.29, 1.82) is 0 Å². The third-order valence-corrected chi connectivity index (χ3v) is 3.04. The maximum absolute atomic E-state index is 5.26. The van der Waals surface area contributed by atoms with Gasteiger partial charge in [-0.15, -0.1) is 0 Å². The third-order valence-electron chi connectivity index (χ3n) is 3.04. The number of hydrogen-bond donors (Lipinski definition) is 1. The predicted octanol–water partition coefficient (Wildman–Crippen LogP) is 3.20. The summed E-state index contributed by atoms with van der Waals surface area (Å²) in [6.07, 6.45) is 0. The van der Waals surface area contributed by atoms with Crippen LogP contribution in [0.4, 0.5) is 5.69 Å². The topological polar surface area (TPSA) is 24.5 Å². The van der Waals surface area contributed by atoms with E-state index in [0.29, 0.717) is 6.61 Å². The minimum atomic E-state index is -0.0232. The van der Waals surface area contributed by atoms with E-state index in [1.165, 1.54) is 0 Å². The second-order valence-corrected chi connectivity index (χ2v) is 4.51. The molecule has 1 aromatic rings. The Bertz CT molecular complexity index is 377. The number of para-hydroxylation sites is 1. The van der Waals surface area contributed by atoms with Crippen molar-refractivity contribution in [3.63, 3.8) is 0 Å². The van der Waals surface area contributed by atoms with Gasteiger partial charge >= 0.3 is 0 Å². The van der Waals surface area contributed by atoms with Crippen LogP contribution in [0.25, 0.3) is 0 Å². The summed E-state index contributed by atoms with van der Waals surface area (Å²) >= 11 is 0. The molecule has 1 aliphatic rings. The molecular weight excluding hydrogens is 224 g/mol. The highest BCUT2D eigenvalue weighted by Crippen LogP contribution is 2.33. The Morgan fingerprint density at radius 2 is 1.94 bits per heavy atom. The van der Waals surface area contributed by atoms with Gasteiger partial charge < -0.3 is 10.2 Å². The highest BCUT2D eigenvalue weighted by Gasteiger charge is 2.37. The van der Waals surface area contributed by atoms with Gasteiger partial charge in [-0.05, 0) is 12.1 Å². The standard InChI is InChI=1S/C13H18N2O.C2H6/c1-11-13(2,10-16-3)9-15(14-11)12-7-5-4-6-8-12;1-2/h4-8,14H,1,9-10H2,2-3H3;1-2H3. The van der Waals surface area contributed by atoms with Crippen molar-refractivity contribution in [2.24, 2.45) is 5.41 Å². The number of hydrazine groups is 1. The van der Waals surface area contributed by atoms with Crippen LogP contribution in [0, 0.1) is 5.41 Å². The summed E-state index contributed by atoms with van der Waals surface area (Å²) in [5.74, 6) is 0. The van der Waals surface area contributed by atoms with E-state index in [-0.39, 0.29) is 5.41 Å². The Labute approximate surface area is 110 Å². The molecule has 1 fully saturated rings. The maximum Gasteiger partial charge on any atom is 0.0589 e. The molecule has 0 amide bonds. The van der Waals surface area contributed by atoms with Crippen molar-refractivity contribution in [2.75, 3.05) is 25.3 Å². The fourth-order valence-corrected chi connectivity index (χ4v) is 2.00. The summed E-state index contributed by atoms with van der Waals surface area (Å²) in [7, 11) is 1.73. The zero-order valence-electron chi connectivity index (χ0n) is 11.9. The van der Waals surface area contributed by atoms with Crippen LogP contribution < -0.4 is 10.4 Å². The second kappa shape index (κ2) is 6.45. The second-order valence-electron chi connectivity index (χ2n) is 4.51. The van der Waals surface area contributed by atoms with E-state index in [1.54, 1.807) is 7.11 Å². The lowest BCUT2D eigenvalue weighted by Gasteiger charge is -2.22. The van der Waals surface area contributed by atoms with E-state index in [9.17, 15) is 0 Å². The Morgan fingerprint density at radius 1 is 1.33 bits per heavy atom. The molecule has 0 spiro atoms. The highest BCUT2D eigenvalue weighted by atomic mass is 16.5. The largest absolute Gasteiger partial charge is 0.384 e. The van der Waals surface area contributed by atoms with Gasteiger partial charge in [-0.25, -0.2) is 0 Å². The van der Waals surface area contributed by atoms with Crippen LogP contribution in [0.3, 0.4) is 0 Å². The van der Waals surface area contributed by atoms with E-state index in [2.05, 4.69) is 36.1 Å². The summed E-state index contributed by atoms with van der Waals surface area (Å²) in [5.41, 5.74) is 5.45. The number of hydrogen-bond acceptors (Lipinski definition) is 3. The first-order valence-corrected chi connectivity index (χ1v) is 6.43. The van der Waals surface area contributed by atoms with E-state index in [4.69, 9.17) is 4.74 Å². The van der Waals surface area contributed by atoms with Crippen LogP contribution in [0.2, 0.25) is 0 Å². The molecule has 0 radical (unpaired) electrons. The maximum atomic E-state index is 5.26. The molecular formula is C15H24N2O. The minimum Gasteiger partial charge on any atom is -0.384 e. The Balaban J connectivity index is 0.000000771. The molecule has 0 saturated carbocycles. The van der Waals surface area contributed by atoms with Gasteiger partial charge in [0.25, 0.3) is 0 Å². The quantitative estimate of drug-likeness (QED) is 0.889. The molecule has 1 aliphatic heterocycles. The van der Waals surface area contributed by atoms with Gasteiger partial charge in [0, 0.05) is 12.8 Å². The summed E-state index contributed by atoms with van der Waals surface area (Å²) in [4.78, 5) is 0. The molecule has 100 valence electrons. The highest BCUT2D eigenvalue weighted by molar-refractivity contribution is 5.48.